The number of carbonyl (C=O) groups is 1. The summed E-state index contributed by atoms with van der Waals surface area (Å²) in [7, 11) is 5.92. The van der Waals surface area contributed by atoms with Gasteiger partial charge in [-0.05, 0) is 31.2 Å². The number of aromatic amines is 1. The lowest BCUT2D eigenvalue weighted by molar-refractivity contribution is -0.107. The van der Waals surface area contributed by atoms with Gasteiger partial charge in [-0.25, -0.2) is 0 Å². The molecule has 0 spiro atoms. The van der Waals surface area contributed by atoms with E-state index < -0.39 is 0 Å². The molecule has 1 aliphatic heterocycles. The summed E-state index contributed by atoms with van der Waals surface area (Å²) in [5.74, 6) is 0. The van der Waals surface area contributed by atoms with Crippen LogP contribution in [0, 0.1) is 6.92 Å². The highest BCUT2D eigenvalue weighted by molar-refractivity contribution is 7.09. The van der Waals surface area contributed by atoms with Crippen LogP contribution in [-0.2, 0) is 4.79 Å². The molecule has 0 atom stereocenters. The van der Waals surface area contributed by atoms with E-state index >= 15 is 0 Å². The predicted molar refractivity (Wildman–Crippen MR) is 137 cm³/mol. The minimum absolute atomic E-state index is 0.330. The van der Waals surface area contributed by atoms with Gasteiger partial charge in [0.05, 0.1) is 12.9 Å². The van der Waals surface area contributed by atoms with Gasteiger partial charge in [-0.2, -0.15) is 0 Å². The molecule has 2 aromatic rings. The molecule has 6 nitrogen and oxygen atoms in total. The summed E-state index contributed by atoms with van der Waals surface area (Å²) >= 11 is 1.80. The van der Waals surface area contributed by atoms with Gasteiger partial charge in [-0.1, -0.05) is 19.9 Å². The molecule has 3 heterocycles. The normalized spacial score (nSPS) is 13.9. The molecule has 1 N–H and O–H groups in total. The minimum atomic E-state index is 0.330. The maximum atomic E-state index is 10.7. The Morgan fingerprint density at radius 3 is 2.78 bits per heavy atom. The van der Waals surface area contributed by atoms with Gasteiger partial charge in [0.2, 0.25) is 0 Å². The van der Waals surface area contributed by atoms with Crippen molar-refractivity contribution in [2.45, 2.75) is 33.6 Å². The molecule has 2 aromatic heterocycles. The van der Waals surface area contributed by atoms with Gasteiger partial charge in [0, 0.05) is 79.5 Å². The zero-order chi connectivity index (χ0) is 23.5. The Bertz CT molecular complexity index is 1090. The third-order valence-electron chi connectivity index (χ3n) is 4.93. The van der Waals surface area contributed by atoms with Crippen molar-refractivity contribution in [2.75, 3.05) is 34.2 Å². The number of rotatable bonds is 5. The van der Waals surface area contributed by atoms with Gasteiger partial charge in [0.25, 0.3) is 0 Å². The van der Waals surface area contributed by atoms with E-state index in [1.54, 1.807) is 24.7 Å². The van der Waals surface area contributed by atoms with Crippen LogP contribution in [0.5, 0.6) is 0 Å². The fourth-order valence-corrected chi connectivity index (χ4v) is 4.47. The third kappa shape index (κ3) is 6.53. The van der Waals surface area contributed by atoms with Crippen molar-refractivity contribution in [1.29, 1.82) is 0 Å². The first kappa shape index (κ1) is 25.3. The average molecular weight is 454 g/mol. The molecule has 7 heteroatoms. The number of nitrogens with zero attached hydrogens (tertiary/aromatic N) is 4. The molecular formula is C25H35N5OS. The molecule has 172 valence electrons. The van der Waals surface area contributed by atoms with Gasteiger partial charge in [0.15, 0.2) is 0 Å². The van der Waals surface area contributed by atoms with Gasteiger partial charge in [-0.15, -0.1) is 11.3 Å². The van der Waals surface area contributed by atoms with Crippen LogP contribution < -0.4 is 9.89 Å². The average Bonchev–Trinajstić information content (AvgIpc) is 3.34. The number of nitrogens with one attached hydrogen (secondary N) is 1. The van der Waals surface area contributed by atoms with Crippen LogP contribution in [0.2, 0.25) is 0 Å². The van der Waals surface area contributed by atoms with Gasteiger partial charge in [0.1, 0.15) is 11.0 Å². The van der Waals surface area contributed by atoms with E-state index in [1.165, 1.54) is 20.5 Å². The van der Waals surface area contributed by atoms with Crippen LogP contribution >= 0.6 is 11.3 Å². The molecular weight excluding hydrogens is 418 g/mol. The zero-order valence-electron chi connectivity index (χ0n) is 20.1. The van der Waals surface area contributed by atoms with Crippen LogP contribution in [-0.4, -0.2) is 61.6 Å². The fourth-order valence-electron chi connectivity index (χ4n) is 3.55. The number of aliphatic imine (C=N–C) groups is 1. The highest BCUT2D eigenvalue weighted by Crippen LogP contribution is 2.21. The number of aldehydes is 1. The molecule has 1 aliphatic carbocycles. The van der Waals surface area contributed by atoms with E-state index in [-0.39, 0.29) is 0 Å². The maximum Gasteiger partial charge on any atom is 0.139 e. The van der Waals surface area contributed by atoms with E-state index in [0.717, 1.165) is 42.6 Å². The van der Waals surface area contributed by atoms with Crippen LogP contribution in [0.4, 0.5) is 0 Å². The van der Waals surface area contributed by atoms with E-state index in [0.29, 0.717) is 6.54 Å². The highest BCUT2D eigenvalue weighted by atomic mass is 32.1. The second kappa shape index (κ2) is 12.8. The number of thiophene rings is 1. The Kier molecular flexibility index (Phi) is 10.1. The largest absolute Gasteiger partial charge is 0.380 e. The standard InChI is InChI=1S/C13H15N3O.C10H14N2S.C2H6/c1-14-10-16(7-8-17)12-3-2-4-13-11(9-12)5-6-15-13;1-7-6-8-9(12(2)3)4-5-11-10(8)13-7;1-2/h2,4-6,8-10,15H,3,7H2,1H3;6H,4-5H2,1-3H3;1-2H3. The molecule has 0 aromatic carbocycles. The number of aryl methyl sites for hydroxylation is 1. The quantitative estimate of drug-likeness (QED) is 0.426. The van der Waals surface area contributed by atoms with E-state index in [1.807, 2.05) is 31.0 Å². The van der Waals surface area contributed by atoms with Crippen LogP contribution in [0.15, 0.2) is 40.1 Å². The van der Waals surface area contributed by atoms with Crippen molar-refractivity contribution in [3.8, 4) is 0 Å². The number of allylic oxidation sites excluding steroid dienone is 1. The Morgan fingerprint density at radius 1 is 1.31 bits per heavy atom. The SMILES string of the molecule is CC.CN=CN(CC=O)C1=Cc2cc[nH]c2C=CC1.Cc1cc2c(s1)=NCCC=2N(C)C. The molecule has 0 bridgehead atoms. The number of H-pyrrole nitrogens is 1. The molecule has 0 saturated heterocycles. The summed E-state index contributed by atoms with van der Waals surface area (Å²) in [5, 5.41) is 1.35. The fraction of sp³-hybridized carbons (Fsp3) is 0.400. The minimum Gasteiger partial charge on any atom is -0.380 e. The first-order chi connectivity index (χ1) is 15.5. The summed E-state index contributed by atoms with van der Waals surface area (Å²) in [6.07, 6.45) is 12.6. The Balaban J connectivity index is 0.000000217. The van der Waals surface area contributed by atoms with Crippen molar-refractivity contribution in [1.82, 2.24) is 14.8 Å². The monoisotopic (exact) mass is 453 g/mol. The Labute approximate surface area is 195 Å². The molecule has 0 fully saturated rings. The van der Waals surface area contributed by atoms with E-state index in [2.05, 4.69) is 65.2 Å². The van der Waals surface area contributed by atoms with Crippen LogP contribution in [0.3, 0.4) is 0 Å². The first-order valence-electron chi connectivity index (χ1n) is 11.0. The second-order valence-electron chi connectivity index (χ2n) is 7.33. The molecule has 4 rings (SSSR count). The number of aromatic nitrogens is 1. The summed E-state index contributed by atoms with van der Waals surface area (Å²) in [4.78, 5) is 27.7. The number of fused-ring (bicyclic) bond motifs is 2. The van der Waals surface area contributed by atoms with E-state index in [4.69, 9.17) is 0 Å². The Morgan fingerprint density at radius 2 is 2.09 bits per heavy atom. The smallest absolute Gasteiger partial charge is 0.139 e. The number of hydrogen-bond acceptors (Lipinski definition) is 5. The topological polar surface area (TPSA) is 64.1 Å². The van der Waals surface area contributed by atoms with Gasteiger partial charge in [-0.3, -0.25) is 9.98 Å². The van der Waals surface area contributed by atoms with Crippen molar-refractivity contribution < 1.29 is 4.79 Å². The highest BCUT2D eigenvalue weighted by Gasteiger charge is 2.10. The number of carbonyl (C=O) groups excluding carboxylic acids is 1. The maximum absolute atomic E-state index is 10.7. The molecule has 0 amide bonds. The van der Waals surface area contributed by atoms with Crippen molar-refractivity contribution >= 4 is 41.8 Å². The lowest BCUT2D eigenvalue weighted by atomic mass is 10.2. The lowest BCUT2D eigenvalue weighted by Crippen LogP contribution is -2.31. The molecule has 32 heavy (non-hydrogen) atoms. The number of hydrogen-bond donors (Lipinski definition) is 1. The van der Waals surface area contributed by atoms with Crippen LogP contribution in [0.1, 0.15) is 42.8 Å². The summed E-state index contributed by atoms with van der Waals surface area (Å²) in [6.45, 7) is 7.42. The van der Waals surface area contributed by atoms with Crippen molar-refractivity contribution in [2.24, 2.45) is 9.98 Å². The van der Waals surface area contributed by atoms with Crippen molar-refractivity contribution in [3.63, 3.8) is 0 Å². The van der Waals surface area contributed by atoms with Crippen LogP contribution in [0.25, 0.3) is 17.8 Å². The first-order valence-corrected chi connectivity index (χ1v) is 11.8. The third-order valence-corrected chi connectivity index (χ3v) is 5.91. The molecule has 0 saturated carbocycles. The summed E-state index contributed by atoms with van der Waals surface area (Å²) in [5.41, 5.74) is 4.72. The van der Waals surface area contributed by atoms with Gasteiger partial charge < -0.3 is 19.6 Å². The van der Waals surface area contributed by atoms with E-state index in [9.17, 15) is 4.79 Å². The zero-order valence-corrected chi connectivity index (χ0v) is 20.9. The van der Waals surface area contributed by atoms with Crippen molar-refractivity contribution in [3.05, 3.63) is 56.1 Å². The molecule has 0 unspecified atom stereocenters. The summed E-state index contributed by atoms with van der Waals surface area (Å²) in [6, 6.07) is 4.27. The predicted octanol–water partition coefficient (Wildman–Crippen LogP) is 3.71. The molecule has 2 aliphatic rings. The van der Waals surface area contributed by atoms with Gasteiger partial charge >= 0.3 is 0 Å². The second-order valence-corrected chi connectivity index (χ2v) is 8.57. The Hall–Kier alpha value is -2.93. The molecule has 0 radical (unpaired) electrons. The summed E-state index contributed by atoms with van der Waals surface area (Å²) < 4.78 is 1.22. The lowest BCUT2D eigenvalue weighted by Gasteiger charge is -2.18.